The molecule has 0 aliphatic heterocycles. The second-order valence-corrected chi connectivity index (χ2v) is 12.5. The van der Waals surface area contributed by atoms with Crippen LogP contribution in [0.25, 0.3) is 0 Å². The van der Waals surface area contributed by atoms with Gasteiger partial charge in [-0.05, 0) is 113 Å². The summed E-state index contributed by atoms with van der Waals surface area (Å²) in [5.74, 6) is 1.91. The molecule has 0 unspecified atom stereocenters. The lowest BCUT2D eigenvalue weighted by molar-refractivity contribution is -0.121. The Labute approximate surface area is 178 Å². The van der Waals surface area contributed by atoms with Crippen molar-refractivity contribution in [3.63, 3.8) is 0 Å². The zero-order chi connectivity index (χ0) is 21.0. The molecular weight excluding hydrogens is 356 g/mol. The van der Waals surface area contributed by atoms with Crippen LogP contribution in [0.15, 0.2) is 12.2 Å². The summed E-state index contributed by atoms with van der Waals surface area (Å²) in [4.78, 5) is 2.41. The Kier molecular flexibility index (Phi) is 4.32. The van der Waals surface area contributed by atoms with Crippen LogP contribution < -0.4 is 5.32 Å². The van der Waals surface area contributed by atoms with Crippen molar-refractivity contribution in [1.29, 1.82) is 0 Å². The molecule has 2 spiro atoms. The third-order valence-electron chi connectivity index (χ3n) is 11.9. The number of hydrogen-bond acceptors (Lipinski definition) is 3. The molecule has 0 aromatic carbocycles. The largest absolute Gasteiger partial charge is 0.393 e. The molecule has 5 rings (SSSR count). The van der Waals surface area contributed by atoms with Crippen LogP contribution in [-0.4, -0.2) is 49.3 Å². The molecule has 0 amide bonds. The van der Waals surface area contributed by atoms with E-state index in [1.54, 1.807) is 5.57 Å². The summed E-state index contributed by atoms with van der Waals surface area (Å²) >= 11 is 0. The lowest BCUT2D eigenvalue weighted by atomic mass is 9.43. The van der Waals surface area contributed by atoms with E-state index in [1.807, 2.05) is 0 Å². The first-order valence-corrected chi connectivity index (χ1v) is 12.3. The van der Waals surface area contributed by atoms with Crippen molar-refractivity contribution in [2.75, 3.05) is 21.1 Å². The van der Waals surface area contributed by atoms with Gasteiger partial charge < -0.3 is 15.3 Å². The van der Waals surface area contributed by atoms with Gasteiger partial charge in [-0.1, -0.05) is 26.0 Å². The Balaban J connectivity index is 1.50. The number of nitrogens with zero attached hydrogens (tertiary/aromatic N) is 1. The highest BCUT2D eigenvalue weighted by atomic mass is 16.3. The predicted molar refractivity (Wildman–Crippen MR) is 120 cm³/mol. The number of likely N-dealkylation sites (N-methyl/N-ethyl adjacent to an activating group) is 1. The van der Waals surface area contributed by atoms with E-state index in [0.29, 0.717) is 28.8 Å². The molecule has 0 bridgehead atoms. The van der Waals surface area contributed by atoms with Gasteiger partial charge in [-0.3, -0.25) is 0 Å². The maximum atomic E-state index is 11.2. The average Bonchev–Trinajstić information content (AvgIpc) is 3.26. The minimum absolute atomic E-state index is 0.158. The molecule has 3 nitrogen and oxygen atoms in total. The number of aliphatic hydroxyl groups is 1. The molecular formula is C26H44N2O. The van der Waals surface area contributed by atoms with Crippen molar-refractivity contribution in [2.45, 2.75) is 90.3 Å². The van der Waals surface area contributed by atoms with E-state index >= 15 is 0 Å². The van der Waals surface area contributed by atoms with Gasteiger partial charge in [0.25, 0.3) is 0 Å². The minimum Gasteiger partial charge on any atom is -0.393 e. The van der Waals surface area contributed by atoms with Gasteiger partial charge in [-0.25, -0.2) is 0 Å². The first-order valence-electron chi connectivity index (χ1n) is 12.3. The smallest absolute Gasteiger partial charge is 0.0594 e. The van der Waals surface area contributed by atoms with E-state index in [2.05, 4.69) is 58.7 Å². The molecule has 10 atom stereocenters. The minimum atomic E-state index is -0.158. The van der Waals surface area contributed by atoms with Crippen LogP contribution in [0.3, 0.4) is 0 Å². The molecule has 5 aliphatic rings. The van der Waals surface area contributed by atoms with Gasteiger partial charge in [0.15, 0.2) is 0 Å². The number of nitrogens with one attached hydrogen (secondary N) is 1. The second kappa shape index (κ2) is 6.11. The third kappa shape index (κ3) is 2.21. The molecule has 5 aliphatic carbocycles. The lowest BCUT2D eigenvalue weighted by Gasteiger charge is -2.61. The van der Waals surface area contributed by atoms with E-state index in [4.69, 9.17) is 0 Å². The molecule has 5 saturated carbocycles. The maximum Gasteiger partial charge on any atom is 0.0594 e. The number of aliphatic hydroxyl groups excluding tert-OH is 1. The van der Waals surface area contributed by atoms with E-state index in [-0.39, 0.29) is 16.9 Å². The van der Waals surface area contributed by atoms with Crippen LogP contribution in [0.5, 0.6) is 0 Å². The summed E-state index contributed by atoms with van der Waals surface area (Å²) in [6.45, 7) is 12.1. The fourth-order valence-corrected chi connectivity index (χ4v) is 10.4. The first kappa shape index (κ1) is 20.5. The molecule has 5 fully saturated rings. The van der Waals surface area contributed by atoms with Crippen LogP contribution in [0.4, 0.5) is 0 Å². The SMILES string of the molecule is C=C1[C@@H](N(C)C)CC[C@]23C[C@]24CC[C@]2(C)[C@@H]([C@H](C)NC)[C@H](O)C[C@@]2(C)[C@@H]4CC[C@@H]13. The lowest BCUT2D eigenvalue weighted by Crippen LogP contribution is -2.56. The van der Waals surface area contributed by atoms with Crippen LogP contribution in [-0.2, 0) is 0 Å². The summed E-state index contributed by atoms with van der Waals surface area (Å²) in [7, 11) is 6.53. The molecule has 0 radical (unpaired) electrons. The number of hydrogen-bond donors (Lipinski definition) is 2. The van der Waals surface area contributed by atoms with Crippen LogP contribution in [0.1, 0.15) is 72.1 Å². The van der Waals surface area contributed by atoms with Crippen molar-refractivity contribution in [3.8, 4) is 0 Å². The van der Waals surface area contributed by atoms with Crippen LogP contribution >= 0.6 is 0 Å². The van der Waals surface area contributed by atoms with Crippen molar-refractivity contribution in [2.24, 2.45) is 39.4 Å². The van der Waals surface area contributed by atoms with Gasteiger partial charge >= 0.3 is 0 Å². The van der Waals surface area contributed by atoms with E-state index in [1.165, 1.54) is 44.9 Å². The van der Waals surface area contributed by atoms with Gasteiger partial charge in [-0.15, -0.1) is 0 Å². The van der Waals surface area contributed by atoms with Gasteiger partial charge in [0.1, 0.15) is 0 Å². The summed E-state index contributed by atoms with van der Waals surface area (Å²) < 4.78 is 0. The van der Waals surface area contributed by atoms with Crippen molar-refractivity contribution in [1.82, 2.24) is 10.2 Å². The second-order valence-electron chi connectivity index (χ2n) is 12.5. The third-order valence-corrected chi connectivity index (χ3v) is 11.9. The molecule has 0 heterocycles. The molecule has 0 aromatic heterocycles. The molecule has 0 aromatic rings. The van der Waals surface area contributed by atoms with Crippen LogP contribution in [0, 0.1) is 39.4 Å². The maximum absolute atomic E-state index is 11.2. The normalized spacial score (nSPS) is 57.0. The Bertz CT molecular complexity index is 719. The molecule has 2 N–H and O–H groups in total. The Hall–Kier alpha value is -0.380. The summed E-state index contributed by atoms with van der Waals surface area (Å²) in [5.41, 5.74) is 3.15. The first-order chi connectivity index (χ1) is 13.6. The monoisotopic (exact) mass is 400 g/mol. The van der Waals surface area contributed by atoms with Gasteiger partial charge in [0.2, 0.25) is 0 Å². The molecule has 164 valence electrons. The number of rotatable bonds is 3. The predicted octanol–water partition coefficient (Wildman–Crippen LogP) is 4.46. The number of fused-ring (bicyclic) bond motifs is 2. The highest BCUT2D eigenvalue weighted by Gasteiger charge is 2.81. The van der Waals surface area contributed by atoms with Gasteiger partial charge in [-0.2, -0.15) is 0 Å². The molecule has 3 heteroatoms. The summed E-state index contributed by atoms with van der Waals surface area (Å²) in [6, 6.07) is 0.962. The average molecular weight is 401 g/mol. The molecule has 0 saturated heterocycles. The van der Waals surface area contributed by atoms with Crippen molar-refractivity contribution in [3.05, 3.63) is 12.2 Å². The quantitative estimate of drug-likeness (QED) is 0.687. The molecule has 29 heavy (non-hydrogen) atoms. The Morgan fingerprint density at radius 2 is 1.79 bits per heavy atom. The zero-order valence-electron chi connectivity index (χ0n) is 19.7. The van der Waals surface area contributed by atoms with Crippen molar-refractivity contribution < 1.29 is 5.11 Å². The Morgan fingerprint density at radius 1 is 1.07 bits per heavy atom. The van der Waals surface area contributed by atoms with E-state index in [9.17, 15) is 5.11 Å². The summed E-state index contributed by atoms with van der Waals surface area (Å²) in [6.07, 6.45) is 10.4. The van der Waals surface area contributed by atoms with Gasteiger partial charge in [0, 0.05) is 18.0 Å². The van der Waals surface area contributed by atoms with Gasteiger partial charge in [0.05, 0.1) is 6.10 Å². The fourth-order valence-electron chi connectivity index (χ4n) is 10.4. The highest BCUT2D eigenvalue weighted by Crippen LogP contribution is 2.88. The zero-order valence-corrected chi connectivity index (χ0v) is 19.7. The van der Waals surface area contributed by atoms with Crippen molar-refractivity contribution >= 4 is 0 Å². The Morgan fingerprint density at radius 3 is 2.45 bits per heavy atom. The summed E-state index contributed by atoms with van der Waals surface area (Å²) in [5, 5.41) is 14.7. The fraction of sp³-hybridized carbons (Fsp3) is 0.923. The van der Waals surface area contributed by atoms with E-state index in [0.717, 1.165) is 18.3 Å². The van der Waals surface area contributed by atoms with Crippen LogP contribution in [0.2, 0.25) is 0 Å². The van der Waals surface area contributed by atoms with E-state index < -0.39 is 0 Å². The highest BCUT2D eigenvalue weighted by molar-refractivity contribution is 5.35. The topological polar surface area (TPSA) is 35.5 Å². The standard InChI is InChI=1S/C26H44N2O/c1-16-18-8-9-21-24(4)14-20(29)22(17(2)27-5)23(24,3)12-13-26(21)15-25(18,26)11-10-19(16)28(6)7/h17-22,27,29H,1,8-15H2,2-7H3/t17-,18-,19-,20+,21-,22-,23+,24-,25+,26-/m0/s1.